The number of hydrogen-bond acceptors (Lipinski definition) is 3. The Kier molecular flexibility index (Phi) is 9.54. The molecule has 0 aromatic heterocycles. The van der Waals surface area contributed by atoms with Gasteiger partial charge in [0, 0.05) is 11.3 Å². The molecule has 0 aromatic rings. The van der Waals surface area contributed by atoms with Crippen molar-refractivity contribution < 1.29 is 14.3 Å². The van der Waals surface area contributed by atoms with Crippen LogP contribution in [0, 0.1) is 73.9 Å². The van der Waals surface area contributed by atoms with Crippen LogP contribution >= 0.6 is 0 Å². The van der Waals surface area contributed by atoms with Crippen LogP contribution in [0.1, 0.15) is 162 Å². The van der Waals surface area contributed by atoms with Crippen LogP contribution in [-0.4, -0.2) is 24.3 Å². The molecule has 5 aliphatic rings. The highest BCUT2D eigenvalue weighted by molar-refractivity contribution is 5.97. The molecule has 3 nitrogen and oxygen atoms in total. The standard InChI is InChI=1S/C43H74O3/c1-16-33-29(5)28(4)30(6)37(45-33)46-34-25-43(15)36(44)23-32-31(42(43,14)24-26(34)2)18-21-41(13)35(19-22-40(32,41)12)39(10,11)27(3)17-20-38(7,8)9/h23,26-31,33-35,37H,16-22,24-25H2,1-15H3/t26-,27+,28?,29?,30?,31?,33?,34+,35+,37?,40-,41+,42+,43-/m0/s1. The second-order valence-corrected chi connectivity index (χ2v) is 20.6. The van der Waals surface area contributed by atoms with Crippen molar-refractivity contribution in [3.05, 3.63) is 11.6 Å². The number of hydrogen-bond donors (Lipinski definition) is 0. The highest BCUT2D eigenvalue weighted by Gasteiger charge is 2.69. The summed E-state index contributed by atoms with van der Waals surface area (Å²) in [6.07, 6.45) is 12.8. The maximum absolute atomic E-state index is 14.7. The van der Waals surface area contributed by atoms with E-state index < -0.39 is 5.41 Å². The van der Waals surface area contributed by atoms with Crippen LogP contribution < -0.4 is 0 Å². The molecule has 0 N–H and O–H groups in total. The second-order valence-electron chi connectivity index (χ2n) is 20.6. The van der Waals surface area contributed by atoms with Gasteiger partial charge in [0.05, 0.1) is 12.2 Å². The third-order valence-electron chi connectivity index (χ3n) is 17.0. The molecule has 4 fully saturated rings. The first-order valence-electron chi connectivity index (χ1n) is 19.6. The lowest BCUT2D eigenvalue weighted by atomic mass is 9.39. The van der Waals surface area contributed by atoms with Crippen molar-refractivity contribution in [1.29, 1.82) is 0 Å². The Hall–Kier alpha value is -0.670. The van der Waals surface area contributed by atoms with Gasteiger partial charge in [0.2, 0.25) is 0 Å². The van der Waals surface area contributed by atoms with E-state index in [2.05, 4.69) is 110 Å². The van der Waals surface area contributed by atoms with Crippen LogP contribution in [0.3, 0.4) is 0 Å². The molecule has 0 amide bonds. The van der Waals surface area contributed by atoms with Crippen molar-refractivity contribution in [3.8, 4) is 0 Å². The summed E-state index contributed by atoms with van der Waals surface area (Å²) in [4.78, 5) is 14.7. The van der Waals surface area contributed by atoms with Crippen molar-refractivity contribution >= 4 is 5.78 Å². The van der Waals surface area contributed by atoms with Crippen molar-refractivity contribution in [1.82, 2.24) is 0 Å². The van der Waals surface area contributed by atoms with Crippen molar-refractivity contribution in [2.45, 2.75) is 180 Å². The lowest BCUT2D eigenvalue weighted by Gasteiger charge is -2.65. The van der Waals surface area contributed by atoms with Gasteiger partial charge in [-0.2, -0.15) is 0 Å². The quantitative estimate of drug-likeness (QED) is 0.278. The number of fused-ring (bicyclic) bond motifs is 5. The molecule has 4 aliphatic carbocycles. The minimum atomic E-state index is -0.401. The number of carbonyl (C=O) groups is 1. The third kappa shape index (κ3) is 5.45. The van der Waals surface area contributed by atoms with Gasteiger partial charge in [0.25, 0.3) is 0 Å². The Balaban J connectivity index is 1.41. The largest absolute Gasteiger partial charge is 0.349 e. The van der Waals surface area contributed by atoms with E-state index in [-0.39, 0.29) is 40.2 Å². The molecule has 264 valence electrons. The van der Waals surface area contributed by atoms with Crippen LogP contribution in [0.4, 0.5) is 0 Å². The van der Waals surface area contributed by atoms with Crippen LogP contribution in [-0.2, 0) is 14.3 Å². The van der Waals surface area contributed by atoms with Gasteiger partial charge >= 0.3 is 0 Å². The fourth-order valence-corrected chi connectivity index (χ4v) is 12.3. The van der Waals surface area contributed by atoms with E-state index in [0.717, 1.165) is 19.3 Å². The third-order valence-corrected chi connectivity index (χ3v) is 17.0. The fraction of sp³-hybridized carbons (Fsp3) is 0.930. The molecule has 46 heavy (non-hydrogen) atoms. The summed E-state index contributed by atoms with van der Waals surface area (Å²) in [6, 6.07) is 0. The Morgan fingerprint density at radius 3 is 2.15 bits per heavy atom. The Bertz CT molecular complexity index is 1170. The van der Waals surface area contributed by atoms with E-state index in [4.69, 9.17) is 9.47 Å². The first-order valence-corrected chi connectivity index (χ1v) is 19.6. The summed E-state index contributed by atoms with van der Waals surface area (Å²) in [5.74, 6) is 4.06. The van der Waals surface area contributed by atoms with Gasteiger partial charge in [-0.1, -0.05) is 109 Å². The van der Waals surface area contributed by atoms with Gasteiger partial charge < -0.3 is 9.47 Å². The first kappa shape index (κ1) is 36.6. The number of ketones is 1. The lowest BCUT2D eigenvalue weighted by molar-refractivity contribution is -0.282. The summed E-state index contributed by atoms with van der Waals surface area (Å²) in [7, 11) is 0. The van der Waals surface area contributed by atoms with E-state index >= 15 is 0 Å². The predicted octanol–water partition coefficient (Wildman–Crippen LogP) is 11.7. The predicted molar refractivity (Wildman–Crippen MR) is 192 cm³/mol. The van der Waals surface area contributed by atoms with Crippen molar-refractivity contribution in [3.63, 3.8) is 0 Å². The number of carbonyl (C=O) groups excluding carboxylic acids is 1. The number of allylic oxidation sites excluding steroid dienone is 2. The SMILES string of the molecule is CCC1OC(O[C@@H]2C[C@@]3(C)C(=O)C=C4C(CC[C@]5(C)[C@@H](C(C)(C)[C@H](C)CCC(C)(C)C)CC[C@@]45C)[C@@]3(C)C[C@@H]2C)C(C)C(C)C1C. The Morgan fingerprint density at radius 1 is 0.891 bits per heavy atom. The molecule has 6 unspecified atom stereocenters. The highest BCUT2D eigenvalue weighted by Crippen LogP contribution is 2.75. The van der Waals surface area contributed by atoms with E-state index in [1.165, 1.54) is 44.1 Å². The van der Waals surface area contributed by atoms with Crippen LogP contribution in [0.15, 0.2) is 11.6 Å². The summed E-state index contributed by atoms with van der Waals surface area (Å²) < 4.78 is 13.6. The van der Waals surface area contributed by atoms with E-state index in [1.807, 2.05) is 0 Å². The Morgan fingerprint density at radius 2 is 1.54 bits per heavy atom. The minimum absolute atomic E-state index is 0.0435. The molecule has 0 bridgehead atoms. The molecule has 14 atom stereocenters. The molecule has 5 rings (SSSR count). The molecule has 3 saturated carbocycles. The molecule has 3 heteroatoms. The maximum atomic E-state index is 14.7. The molecule has 1 aliphatic heterocycles. The zero-order valence-corrected chi connectivity index (χ0v) is 32.9. The molecular weight excluding hydrogens is 564 g/mol. The number of rotatable bonds is 7. The van der Waals surface area contributed by atoms with Gasteiger partial charge in [0.1, 0.15) is 0 Å². The average Bonchev–Trinajstić information content (AvgIpc) is 3.25. The van der Waals surface area contributed by atoms with Gasteiger partial charge in [0.15, 0.2) is 12.1 Å². The average molecular weight is 639 g/mol. The summed E-state index contributed by atoms with van der Waals surface area (Å²) >= 11 is 0. The molecule has 1 saturated heterocycles. The Labute approximate surface area is 285 Å². The van der Waals surface area contributed by atoms with Crippen molar-refractivity contribution in [2.24, 2.45) is 73.9 Å². The van der Waals surface area contributed by atoms with E-state index in [9.17, 15) is 4.79 Å². The summed E-state index contributed by atoms with van der Waals surface area (Å²) in [5, 5.41) is 0. The van der Waals surface area contributed by atoms with Gasteiger partial charge in [-0.05, 0) is 126 Å². The zero-order valence-electron chi connectivity index (χ0n) is 32.9. The molecular formula is C43H74O3. The van der Waals surface area contributed by atoms with Gasteiger partial charge in [-0.25, -0.2) is 0 Å². The molecule has 0 radical (unpaired) electrons. The highest BCUT2D eigenvalue weighted by atomic mass is 16.7. The second kappa shape index (κ2) is 12.0. The van der Waals surface area contributed by atoms with Crippen LogP contribution in [0.25, 0.3) is 0 Å². The van der Waals surface area contributed by atoms with Gasteiger partial charge in [-0.3, -0.25) is 4.79 Å². The van der Waals surface area contributed by atoms with Crippen LogP contribution in [0.2, 0.25) is 0 Å². The summed E-state index contributed by atoms with van der Waals surface area (Å²) in [5.41, 5.74) is 2.05. The monoisotopic (exact) mass is 639 g/mol. The smallest absolute Gasteiger partial charge is 0.162 e. The minimum Gasteiger partial charge on any atom is -0.349 e. The number of ether oxygens (including phenoxy) is 2. The van der Waals surface area contributed by atoms with Crippen LogP contribution in [0.5, 0.6) is 0 Å². The lowest BCUT2D eigenvalue weighted by Crippen LogP contribution is -2.62. The maximum Gasteiger partial charge on any atom is 0.162 e. The molecule has 0 spiro atoms. The summed E-state index contributed by atoms with van der Waals surface area (Å²) in [6.45, 7) is 36.5. The molecule has 1 heterocycles. The van der Waals surface area contributed by atoms with Crippen molar-refractivity contribution in [2.75, 3.05) is 0 Å². The van der Waals surface area contributed by atoms with E-state index in [0.29, 0.717) is 52.6 Å². The topological polar surface area (TPSA) is 35.5 Å². The molecule has 0 aromatic carbocycles. The fourth-order valence-electron chi connectivity index (χ4n) is 12.3. The normalized spacial score (nSPS) is 48.7. The zero-order chi connectivity index (χ0) is 34.4. The van der Waals surface area contributed by atoms with Gasteiger partial charge in [-0.15, -0.1) is 0 Å². The van der Waals surface area contributed by atoms with E-state index in [1.54, 1.807) is 0 Å². The first-order chi connectivity index (χ1) is 21.1.